The van der Waals surface area contributed by atoms with Crippen LogP contribution in [0.4, 0.5) is 0 Å². The van der Waals surface area contributed by atoms with E-state index in [2.05, 4.69) is 0 Å². The normalized spacial score (nSPS) is 34.8. The molecule has 2 amide bonds. The third-order valence-electron chi connectivity index (χ3n) is 4.04. The lowest BCUT2D eigenvalue weighted by atomic mass is 10.1. The van der Waals surface area contributed by atoms with Crippen molar-refractivity contribution in [2.75, 3.05) is 13.1 Å². The quantitative estimate of drug-likeness (QED) is 0.698. The Hall–Kier alpha value is -1.04. The maximum Gasteiger partial charge on any atom is 0.260 e. The third-order valence-corrected chi connectivity index (χ3v) is 5.27. The number of hydrogen-bond acceptors (Lipinski definition) is 4. The molecule has 3 aliphatic rings. The van der Waals surface area contributed by atoms with E-state index in [1.807, 2.05) is 0 Å². The minimum Gasteiger partial charge on any atom is -0.328 e. The maximum absolute atomic E-state index is 12.7. The lowest BCUT2D eigenvalue weighted by Gasteiger charge is -2.45. The van der Waals surface area contributed by atoms with E-state index in [9.17, 15) is 14.4 Å². The highest BCUT2D eigenvalue weighted by atomic mass is 32.2. The van der Waals surface area contributed by atoms with Gasteiger partial charge in [0.2, 0.25) is 5.91 Å². The van der Waals surface area contributed by atoms with Crippen molar-refractivity contribution in [1.82, 2.24) is 9.80 Å². The number of thioether (sulfide) groups is 1. The molecule has 0 aromatic carbocycles. The molecular formula is C12H16N2O3S. The largest absolute Gasteiger partial charge is 0.328 e. The third kappa shape index (κ3) is 1.44. The Morgan fingerprint density at radius 3 is 2.83 bits per heavy atom. The van der Waals surface area contributed by atoms with Gasteiger partial charge < -0.3 is 9.80 Å². The average Bonchev–Trinajstić information content (AvgIpc) is 2.91. The summed E-state index contributed by atoms with van der Waals surface area (Å²) in [6, 6.07) is -0.267. The van der Waals surface area contributed by atoms with Gasteiger partial charge in [0.1, 0.15) is 6.04 Å². The molecule has 0 radical (unpaired) electrons. The molecule has 0 N–H and O–H groups in total. The summed E-state index contributed by atoms with van der Waals surface area (Å²) in [6.45, 7) is 2.72. The number of carbonyl (C=O) groups excluding carboxylic acids is 3. The summed E-state index contributed by atoms with van der Waals surface area (Å²) in [6.07, 6.45) is 3.06. The van der Waals surface area contributed by atoms with Crippen LogP contribution in [0.2, 0.25) is 0 Å². The molecule has 6 heteroatoms. The monoisotopic (exact) mass is 268 g/mol. The smallest absolute Gasteiger partial charge is 0.260 e. The molecule has 2 atom stereocenters. The predicted octanol–water partition coefficient (Wildman–Crippen LogP) is 0.589. The summed E-state index contributed by atoms with van der Waals surface area (Å²) >= 11 is 1.03. The van der Waals surface area contributed by atoms with Crippen LogP contribution >= 0.6 is 11.8 Å². The summed E-state index contributed by atoms with van der Waals surface area (Å²) in [5.74, 6) is 0.0145. The second-order valence-electron chi connectivity index (χ2n) is 5.13. The summed E-state index contributed by atoms with van der Waals surface area (Å²) in [7, 11) is 0. The van der Waals surface area contributed by atoms with Crippen molar-refractivity contribution in [3.05, 3.63) is 0 Å². The van der Waals surface area contributed by atoms with Gasteiger partial charge in [-0.15, -0.1) is 0 Å². The zero-order valence-corrected chi connectivity index (χ0v) is 11.2. The molecule has 0 aromatic rings. The van der Waals surface area contributed by atoms with Crippen molar-refractivity contribution in [3.63, 3.8) is 0 Å². The number of carbonyl (C=O) groups is 3. The number of piperazine rings is 1. The first-order valence-electron chi connectivity index (χ1n) is 6.38. The van der Waals surface area contributed by atoms with Crippen molar-refractivity contribution >= 4 is 28.7 Å². The van der Waals surface area contributed by atoms with Crippen LogP contribution in [0.5, 0.6) is 0 Å². The number of nitrogens with zero attached hydrogens (tertiary/aromatic N) is 2. The minimum absolute atomic E-state index is 0.0256. The summed E-state index contributed by atoms with van der Waals surface area (Å²) in [5.41, 5.74) is 0. The molecule has 5 nitrogen and oxygen atoms in total. The molecule has 3 heterocycles. The Morgan fingerprint density at radius 2 is 2.11 bits per heavy atom. The molecule has 3 rings (SSSR count). The standard InChI is InChI=1S/C12H16N2O3S/c1-8(15)18-12-5-3-7-14(12)10(16)9-4-2-6-13(9)11(12)17/h9H,2-7H2,1H3. The van der Waals surface area contributed by atoms with Gasteiger partial charge in [0.05, 0.1) is 0 Å². The van der Waals surface area contributed by atoms with Gasteiger partial charge in [-0.1, -0.05) is 0 Å². The molecule has 0 spiro atoms. The Balaban J connectivity index is 2.01. The van der Waals surface area contributed by atoms with E-state index in [0.717, 1.165) is 31.0 Å². The fourth-order valence-corrected chi connectivity index (χ4v) is 4.58. The highest BCUT2D eigenvalue weighted by molar-refractivity contribution is 8.15. The van der Waals surface area contributed by atoms with Crippen molar-refractivity contribution in [2.45, 2.75) is 43.5 Å². The number of hydrogen-bond donors (Lipinski definition) is 0. The fourth-order valence-electron chi connectivity index (χ4n) is 3.36. The van der Waals surface area contributed by atoms with Crippen molar-refractivity contribution in [2.24, 2.45) is 0 Å². The molecule has 0 bridgehead atoms. The van der Waals surface area contributed by atoms with Crippen LogP contribution < -0.4 is 0 Å². The van der Waals surface area contributed by atoms with Crippen LogP contribution in [-0.2, 0) is 14.4 Å². The zero-order chi connectivity index (χ0) is 12.9. The first kappa shape index (κ1) is 12.0. The van der Waals surface area contributed by atoms with Gasteiger partial charge in [-0.25, -0.2) is 0 Å². The molecule has 2 unspecified atom stereocenters. The van der Waals surface area contributed by atoms with Gasteiger partial charge in [0.15, 0.2) is 9.99 Å². The summed E-state index contributed by atoms with van der Waals surface area (Å²) < 4.78 is 0. The van der Waals surface area contributed by atoms with Crippen molar-refractivity contribution in [3.8, 4) is 0 Å². The molecule has 98 valence electrons. The van der Waals surface area contributed by atoms with Gasteiger partial charge in [0.25, 0.3) is 5.91 Å². The molecule has 0 saturated carbocycles. The topological polar surface area (TPSA) is 57.7 Å². The lowest BCUT2D eigenvalue weighted by molar-refractivity contribution is -0.159. The highest BCUT2D eigenvalue weighted by Crippen LogP contribution is 2.46. The minimum atomic E-state index is -0.927. The van der Waals surface area contributed by atoms with Crippen LogP contribution in [0, 0.1) is 0 Å². The molecular weight excluding hydrogens is 252 g/mol. The molecule has 0 aliphatic carbocycles. The fraction of sp³-hybridized carbons (Fsp3) is 0.750. The molecule has 3 aliphatic heterocycles. The Bertz CT molecular complexity index is 439. The Labute approximate surface area is 110 Å². The van der Waals surface area contributed by atoms with Gasteiger partial charge in [-0.05, 0) is 37.4 Å². The van der Waals surface area contributed by atoms with Gasteiger partial charge in [-0.2, -0.15) is 0 Å². The molecule has 0 aromatic heterocycles. The van der Waals surface area contributed by atoms with E-state index in [-0.39, 0.29) is 23.0 Å². The summed E-state index contributed by atoms with van der Waals surface area (Å²) in [4.78, 5) is 39.0. The van der Waals surface area contributed by atoms with Crippen LogP contribution in [0.25, 0.3) is 0 Å². The average molecular weight is 268 g/mol. The van der Waals surface area contributed by atoms with E-state index >= 15 is 0 Å². The van der Waals surface area contributed by atoms with Gasteiger partial charge >= 0.3 is 0 Å². The molecule has 3 fully saturated rings. The SMILES string of the molecule is CC(=O)SC12CCCN1C(=O)C1CCCN1C2=O. The Morgan fingerprint density at radius 1 is 1.33 bits per heavy atom. The van der Waals surface area contributed by atoms with Crippen molar-refractivity contribution in [1.29, 1.82) is 0 Å². The van der Waals surface area contributed by atoms with Crippen LogP contribution in [0.3, 0.4) is 0 Å². The van der Waals surface area contributed by atoms with E-state index in [4.69, 9.17) is 0 Å². The van der Waals surface area contributed by atoms with E-state index < -0.39 is 4.87 Å². The van der Waals surface area contributed by atoms with E-state index in [1.54, 1.807) is 9.80 Å². The first-order valence-corrected chi connectivity index (χ1v) is 7.20. The van der Waals surface area contributed by atoms with Gasteiger partial charge in [-0.3, -0.25) is 14.4 Å². The van der Waals surface area contributed by atoms with Crippen molar-refractivity contribution < 1.29 is 14.4 Å². The predicted molar refractivity (Wildman–Crippen MR) is 66.7 cm³/mol. The second-order valence-corrected chi connectivity index (χ2v) is 6.58. The zero-order valence-electron chi connectivity index (χ0n) is 10.3. The highest BCUT2D eigenvalue weighted by Gasteiger charge is 2.60. The second kappa shape index (κ2) is 3.98. The number of amides is 2. The first-order chi connectivity index (χ1) is 8.56. The lowest BCUT2D eigenvalue weighted by Crippen LogP contribution is -2.66. The maximum atomic E-state index is 12.7. The van der Waals surface area contributed by atoms with Crippen LogP contribution in [0.15, 0.2) is 0 Å². The number of fused-ring (bicyclic) bond motifs is 2. The summed E-state index contributed by atoms with van der Waals surface area (Å²) in [5, 5.41) is -0.0966. The molecule has 18 heavy (non-hydrogen) atoms. The van der Waals surface area contributed by atoms with Gasteiger partial charge in [0, 0.05) is 20.0 Å². The van der Waals surface area contributed by atoms with E-state index in [0.29, 0.717) is 19.5 Å². The number of rotatable bonds is 1. The van der Waals surface area contributed by atoms with Crippen LogP contribution in [0.1, 0.15) is 32.6 Å². The van der Waals surface area contributed by atoms with E-state index in [1.165, 1.54) is 6.92 Å². The Kier molecular flexibility index (Phi) is 2.66. The molecule has 3 saturated heterocycles. The van der Waals surface area contributed by atoms with Crippen LogP contribution in [-0.4, -0.2) is 50.7 Å².